The summed E-state index contributed by atoms with van der Waals surface area (Å²) in [7, 11) is 0. The van der Waals surface area contributed by atoms with E-state index in [1.807, 2.05) is 6.07 Å². The predicted octanol–water partition coefficient (Wildman–Crippen LogP) is 1.38. The second kappa shape index (κ2) is 7.13. The third-order valence-electron chi connectivity index (χ3n) is 3.93. The summed E-state index contributed by atoms with van der Waals surface area (Å²) in [5.41, 5.74) is 0.656. The molecule has 1 aliphatic heterocycles. The molecule has 7 nitrogen and oxygen atoms in total. The van der Waals surface area contributed by atoms with E-state index in [2.05, 4.69) is 25.7 Å². The van der Waals surface area contributed by atoms with Crippen molar-refractivity contribution in [1.82, 2.24) is 25.1 Å². The highest BCUT2D eigenvalue weighted by molar-refractivity contribution is 5.92. The van der Waals surface area contributed by atoms with Crippen molar-refractivity contribution < 1.29 is 4.79 Å². The molecule has 0 radical (unpaired) electrons. The Bertz CT molecular complexity index is 606. The molecule has 2 aromatic heterocycles. The minimum Gasteiger partial charge on any atom is -0.323 e. The van der Waals surface area contributed by atoms with Crippen LogP contribution in [0.25, 0.3) is 5.82 Å². The van der Waals surface area contributed by atoms with E-state index in [0.717, 1.165) is 32.4 Å². The number of nitrogens with one attached hydrogen (secondary N) is 2. The van der Waals surface area contributed by atoms with E-state index >= 15 is 0 Å². The lowest BCUT2D eigenvalue weighted by Crippen LogP contribution is -2.28. The number of nitrogens with zero attached hydrogens (tertiary/aromatic N) is 4. The Morgan fingerprint density at radius 2 is 2.27 bits per heavy atom. The average Bonchev–Trinajstić information content (AvgIpc) is 3.09. The van der Waals surface area contributed by atoms with Crippen LogP contribution in [-0.2, 0) is 4.79 Å². The number of amides is 1. The summed E-state index contributed by atoms with van der Waals surface area (Å²) in [6.45, 7) is 2.12. The van der Waals surface area contributed by atoms with Gasteiger partial charge in [0.25, 0.3) is 0 Å². The molecule has 0 saturated carbocycles. The molecule has 3 rings (SSSR count). The summed E-state index contributed by atoms with van der Waals surface area (Å²) in [6.07, 6.45) is 8.46. The van der Waals surface area contributed by atoms with E-state index in [-0.39, 0.29) is 5.91 Å². The fourth-order valence-electron chi connectivity index (χ4n) is 2.71. The van der Waals surface area contributed by atoms with Crippen molar-refractivity contribution in [3.8, 4) is 5.82 Å². The Hall–Kier alpha value is -2.28. The molecular weight excluding hydrogens is 280 g/mol. The van der Waals surface area contributed by atoms with Gasteiger partial charge in [0.15, 0.2) is 5.82 Å². The molecule has 0 aromatic carbocycles. The molecule has 3 heterocycles. The van der Waals surface area contributed by atoms with Crippen molar-refractivity contribution in [3.05, 3.63) is 31.0 Å². The first-order valence-electron chi connectivity index (χ1n) is 7.63. The third kappa shape index (κ3) is 3.67. The molecule has 0 atom stereocenters. The van der Waals surface area contributed by atoms with Crippen molar-refractivity contribution in [2.75, 3.05) is 18.4 Å². The predicted molar refractivity (Wildman–Crippen MR) is 82.6 cm³/mol. The number of aromatic nitrogens is 4. The van der Waals surface area contributed by atoms with E-state index in [0.29, 0.717) is 23.8 Å². The van der Waals surface area contributed by atoms with E-state index in [1.54, 1.807) is 23.3 Å². The first kappa shape index (κ1) is 14.6. The second-order valence-corrected chi connectivity index (χ2v) is 5.49. The topological polar surface area (TPSA) is 84.7 Å². The normalized spacial score (nSPS) is 15.6. The molecule has 0 aliphatic carbocycles. The van der Waals surface area contributed by atoms with Crippen molar-refractivity contribution in [2.24, 2.45) is 5.92 Å². The summed E-state index contributed by atoms with van der Waals surface area (Å²) < 4.78 is 1.54. The fraction of sp³-hybridized carbons (Fsp3) is 0.467. The minimum absolute atomic E-state index is 0.0212. The molecule has 1 fully saturated rings. The van der Waals surface area contributed by atoms with E-state index in [9.17, 15) is 4.79 Å². The van der Waals surface area contributed by atoms with Gasteiger partial charge in [0.2, 0.25) is 5.91 Å². The molecule has 2 aromatic rings. The summed E-state index contributed by atoms with van der Waals surface area (Å²) >= 11 is 0. The Kier molecular flexibility index (Phi) is 4.75. The highest BCUT2D eigenvalue weighted by atomic mass is 16.1. The van der Waals surface area contributed by atoms with Gasteiger partial charge in [-0.1, -0.05) is 0 Å². The molecule has 1 saturated heterocycles. The Morgan fingerprint density at radius 3 is 3.05 bits per heavy atom. The number of anilines is 1. The van der Waals surface area contributed by atoms with Crippen LogP contribution in [0.1, 0.15) is 25.7 Å². The average molecular weight is 300 g/mol. The number of pyridine rings is 1. The van der Waals surface area contributed by atoms with Gasteiger partial charge in [-0.05, 0) is 50.4 Å². The highest BCUT2D eigenvalue weighted by Crippen LogP contribution is 2.20. The van der Waals surface area contributed by atoms with Crippen LogP contribution in [-0.4, -0.2) is 38.7 Å². The monoisotopic (exact) mass is 300 g/mol. The maximum Gasteiger partial charge on any atom is 0.224 e. The van der Waals surface area contributed by atoms with Gasteiger partial charge in [0, 0.05) is 12.6 Å². The van der Waals surface area contributed by atoms with Crippen molar-refractivity contribution in [1.29, 1.82) is 0 Å². The lowest BCUT2D eigenvalue weighted by molar-refractivity contribution is -0.116. The number of rotatable bonds is 5. The van der Waals surface area contributed by atoms with Crippen LogP contribution in [0.4, 0.5) is 5.69 Å². The zero-order valence-electron chi connectivity index (χ0n) is 12.4. The van der Waals surface area contributed by atoms with Gasteiger partial charge in [-0.2, -0.15) is 5.10 Å². The second-order valence-electron chi connectivity index (χ2n) is 5.49. The van der Waals surface area contributed by atoms with Crippen molar-refractivity contribution in [3.63, 3.8) is 0 Å². The molecule has 22 heavy (non-hydrogen) atoms. The van der Waals surface area contributed by atoms with Crippen LogP contribution in [0.2, 0.25) is 0 Å². The number of hydrogen-bond acceptors (Lipinski definition) is 5. The zero-order chi connectivity index (χ0) is 15.2. The van der Waals surface area contributed by atoms with Gasteiger partial charge in [-0.25, -0.2) is 14.6 Å². The van der Waals surface area contributed by atoms with Crippen molar-refractivity contribution in [2.45, 2.75) is 25.7 Å². The Morgan fingerprint density at radius 1 is 1.41 bits per heavy atom. The van der Waals surface area contributed by atoms with Gasteiger partial charge in [-0.3, -0.25) is 4.79 Å². The lowest BCUT2D eigenvalue weighted by atomic mass is 9.93. The van der Waals surface area contributed by atoms with Crippen LogP contribution >= 0.6 is 0 Å². The van der Waals surface area contributed by atoms with E-state index in [4.69, 9.17) is 0 Å². The van der Waals surface area contributed by atoms with Crippen LogP contribution in [0.15, 0.2) is 31.0 Å². The van der Waals surface area contributed by atoms with Gasteiger partial charge >= 0.3 is 0 Å². The van der Waals surface area contributed by atoms with Crippen LogP contribution in [0.5, 0.6) is 0 Å². The largest absolute Gasteiger partial charge is 0.323 e. The Labute approximate surface area is 129 Å². The number of carbonyl (C=O) groups is 1. The van der Waals surface area contributed by atoms with Gasteiger partial charge in [-0.15, -0.1) is 0 Å². The number of hydrogen-bond donors (Lipinski definition) is 2. The Balaban J connectivity index is 1.59. The molecule has 116 valence electrons. The first-order valence-corrected chi connectivity index (χ1v) is 7.63. The van der Waals surface area contributed by atoms with Gasteiger partial charge < -0.3 is 10.6 Å². The first-order chi connectivity index (χ1) is 10.8. The molecule has 2 N–H and O–H groups in total. The molecule has 1 amide bonds. The summed E-state index contributed by atoms with van der Waals surface area (Å²) in [6, 6.07) is 3.62. The minimum atomic E-state index is 0.0212. The SMILES string of the molecule is O=C(CCC1CCNCC1)Nc1cccnc1-n1cncn1. The molecule has 0 bridgehead atoms. The fourth-order valence-corrected chi connectivity index (χ4v) is 2.71. The maximum atomic E-state index is 12.2. The number of carbonyl (C=O) groups excluding carboxylic acids is 1. The van der Waals surface area contributed by atoms with Crippen LogP contribution in [0.3, 0.4) is 0 Å². The molecular formula is C15H20N6O. The smallest absolute Gasteiger partial charge is 0.224 e. The summed E-state index contributed by atoms with van der Waals surface area (Å²) in [4.78, 5) is 20.3. The van der Waals surface area contributed by atoms with Gasteiger partial charge in [0.05, 0.1) is 5.69 Å². The van der Waals surface area contributed by atoms with Crippen molar-refractivity contribution >= 4 is 11.6 Å². The molecule has 0 spiro atoms. The molecule has 7 heteroatoms. The lowest BCUT2D eigenvalue weighted by Gasteiger charge is -2.22. The van der Waals surface area contributed by atoms with Gasteiger partial charge in [0.1, 0.15) is 12.7 Å². The summed E-state index contributed by atoms with van der Waals surface area (Å²) in [5, 5.41) is 10.3. The molecule has 1 aliphatic rings. The van der Waals surface area contributed by atoms with Crippen LogP contribution in [0, 0.1) is 5.92 Å². The van der Waals surface area contributed by atoms with Crippen LogP contribution < -0.4 is 10.6 Å². The molecule has 0 unspecified atom stereocenters. The quantitative estimate of drug-likeness (QED) is 0.871. The zero-order valence-corrected chi connectivity index (χ0v) is 12.4. The maximum absolute atomic E-state index is 12.2. The third-order valence-corrected chi connectivity index (χ3v) is 3.93. The number of piperidine rings is 1. The van der Waals surface area contributed by atoms with E-state index in [1.165, 1.54) is 6.33 Å². The van der Waals surface area contributed by atoms with E-state index < -0.39 is 0 Å². The summed E-state index contributed by atoms with van der Waals surface area (Å²) in [5.74, 6) is 1.25. The standard InChI is InChI=1S/C15H20N6O/c22-14(4-3-12-5-8-16-9-6-12)20-13-2-1-7-18-15(13)21-11-17-10-19-21/h1-2,7,10-12,16H,3-6,8-9H2,(H,20,22). The highest BCUT2D eigenvalue weighted by Gasteiger charge is 2.15.